The maximum Gasteiger partial charge on any atom is 0.125 e. The van der Waals surface area contributed by atoms with Crippen molar-refractivity contribution < 1.29 is 25.5 Å². The molecule has 0 unspecified atom stereocenters. The zero-order chi connectivity index (χ0) is 16.3. The second-order valence-electron chi connectivity index (χ2n) is 5.17. The molecule has 0 aliphatic carbocycles. The van der Waals surface area contributed by atoms with Gasteiger partial charge in [0.1, 0.15) is 34.8 Å². The molecule has 122 valence electrons. The fraction of sp³-hybridized carbons (Fsp3) is 0.500. The molecule has 22 heavy (non-hydrogen) atoms. The Kier molecular flexibility index (Phi) is 5.79. The Hall–Kier alpha value is -1.16. The van der Waals surface area contributed by atoms with Crippen LogP contribution in [0, 0.1) is 6.92 Å². The highest BCUT2D eigenvalue weighted by atomic mass is 32.2. The monoisotopic (exact) mass is 328 g/mol. The number of hydrogen-bond donors (Lipinski definition) is 6. The first-order valence-electron chi connectivity index (χ1n) is 6.84. The third kappa shape index (κ3) is 3.78. The molecule has 0 saturated carbocycles. The first-order valence-corrected chi connectivity index (χ1v) is 7.72. The lowest BCUT2D eigenvalue weighted by molar-refractivity contribution is -0.116. The summed E-state index contributed by atoms with van der Waals surface area (Å²) in [4.78, 5) is 0. The molecule has 5 atom stereocenters. The Bertz CT molecular complexity index is 524. The van der Waals surface area contributed by atoms with E-state index < -0.39 is 36.4 Å². The lowest BCUT2D eigenvalue weighted by atomic mass is 10.0. The van der Waals surface area contributed by atoms with Gasteiger partial charge in [0.05, 0.1) is 6.61 Å². The van der Waals surface area contributed by atoms with Crippen LogP contribution in [0.1, 0.15) is 11.1 Å². The van der Waals surface area contributed by atoms with Crippen molar-refractivity contribution in [1.29, 1.82) is 0 Å². The van der Waals surface area contributed by atoms with E-state index in [-0.39, 0.29) is 0 Å². The van der Waals surface area contributed by atoms with Gasteiger partial charge in [0.25, 0.3) is 0 Å². The quantitative estimate of drug-likeness (QED) is 0.385. The maximum absolute atomic E-state index is 10.1. The number of nitrogens with one attached hydrogen (secondary N) is 1. The number of rotatable bonds is 6. The number of aryl methyl sites for hydroxylation is 1. The van der Waals surface area contributed by atoms with Crippen LogP contribution in [0.2, 0.25) is 0 Å². The van der Waals surface area contributed by atoms with E-state index in [1.54, 1.807) is 0 Å². The molecule has 0 radical (unpaired) electrons. The van der Waals surface area contributed by atoms with Gasteiger partial charge in [0, 0.05) is 5.56 Å². The van der Waals surface area contributed by atoms with E-state index >= 15 is 0 Å². The van der Waals surface area contributed by atoms with Crippen LogP contribution in [0.5, 0.6) is 0 Å². The van der Waals surface area contributed by atoms with Crippen LogP contribution in [0.25, 0.3) is 0 Å². The average Bonchev–Trinajstić information content (AvgIpc) is 3.02. The minimum Gasteiger partial charge on any atom is -0.394 e. The zero-order valence-electron chi connectivity index (χ0n) is 12.0. The smallest absolute Gasteiger partial charge is 0.125 e. The van der Waals surface area contributed by atoms with Crippen LogP contribution in [0.15, 0.2) is 29.4 Å². The van der Waals surface area contributed by atoms with Gasteiger partial charge >= 0.3 is 0 Å². The van der Waals surface area contributed by atoms with E-state index in [0.717, 1.165) is 11.1 Å². The fourth-order valence-electron chi connectivity index (χ4n) is 1.99. The first kappa shape index (κ1) is 17.2. The third-order valence-electron chi connectivity index (χ3n) is 3.42. The highest BCUT2D eigenvalue weighted by Crippen LogP contribution is 2.27. The van der Waals surface area contributed by atoms with Crippen molar-refractivity contribution in [2.24, 2.45) is 5.10 Å². The number of hydrazone groups is 1. The molecule has 0 fully saturated rings. The van der Waals surface area contributed by atoms with E-state index in [4.69, 9.17) is 5.11 Å². The molecule has 1 aromatic carbocycles. The van der Waals surface area contributed by atoms with Crippen LogP contribution in [-0.4, -0.2) is 67.0 Å². The highest BCUT2D eigenvalue weighted by molar-refractivity contribution is 8.15. The number of aliphatic hydroxyl groups is 5. The Morgan fingerprint density at radius 3 is 2.36 bits per heavy atom. The lowest BCUT2D eigenvalue weighted by Gasteiger charge is -2.28. The minimum absolute atomic E-state index is 0.660. The van der Waals surface area contributed by atoms with Crippen molar-refractivity contribution in [3.05, 3.63) is 35.4 Å². The minimum atomic E-state index is -1.65. The molecule has 7 nitrogen and oxygen atoms in total. The van der Waals surface area contributed by atoms with Gasteiger partial charge in [-0.05, 0) is 6.92 Å². The number of thioether (sulfide) groups is 1. The Labute approximate surface area is 132 Å². The van der Waals surface area contributed by atoms with Gasteiger partial charge in [0.15, 0.2) is 0 Å². The van der Waals surface area contributed by atoms with E-state index in [9.17, 15) is 20.4 Å². The van der Waals surface area contributed by atoms with Crippen LogP contribution in [0.3, 0.4) is 0 Å². The second kappa shape index (κ2) is 7.40. The fourth-order valence-corrected chi connectivity index (χ4v) is 3.01. The molecule has 8 heteroatoms. The number of aliphatic hydroxyl groups excluding tert-OH is 5. The molecule has 1 aliphatic rings. The summed E-state index contributed by atoms with van der Waals surface area (Å²) in [5, 5.41) is 51.8. The molecular formula is C14H20N2O5S. The third-order valence-corrected chi connectivity index (χ3v) is 4.61. The van der Waals surface area contributed by atoms with Crippen LogP contribution >= 0.6 is 11.8 Å². The van der Waals surface area contributed by atoms with Gasteiger partial charge in [0.2, 0.25) is 0 Å². The molecule has 0 aromatic heterocycles. The number of benzene rings is 1. The first-order chi connectivity index (χ1) is 10.4. The molecule has 0 saturated heterocycles. The molecule has 1 heterocycles. The van der Waals surface area contributed by atoms with Gasteiger partial charge in [-0.3, -0.25) is 5.43 Å². The Morgan fingerprint density at radius 1 is 1.14 bits per heavy atom. The maximum atomic E-state index is 10.1. The van der Waals surface area contributed by atoms with Crippen molar-refractivity contribution in [3.63, 3.8) is 0 Å². The predicted octanol–water partition coefficient (Wildman–Crippen LogP) is -1.24. The largest absolute Gasteiger partial charge is 0.394 e. The summed E-state index contributed by atoms with van der Waals surface area (Å²) in [5.41, 5.74) is 4.69. The summed E-state index contributed by atoms with van der Waals surface area (Å²) in [7, 11) is 0. The summed E-state index contributed by atoms with van der Waals surface area (Å²) in [5.74, 6) is 0. The van der Waals surface area contributed by atoms with Crippen LogP contribution < -0.4 is 5.43 Å². The van der Waals surface area contributed by atoms with E-state index in [2.05, 4.69) is 10.5 Å². The van der Waals surface area contributed by atoms with Gasteiger partial charge < -0.3 is 25.5 Å². The lowest BCUT2D eigenvalue weighted by Crippen LogP contribution is -2.51. The van der Waals surface area contributed by atoms with Gasteiger partial charge in [-0.2, -0.15) is 5.10 Å². The van der Waals surface area contributed by atoms with Gasteiger partial charge in [-0.25, -0.2) is 0 Å². The molecular weight excluding hydrogens is 308 g/mol. The molecule has 1 aliphatic heterocycles. The summed E-state index contributed by atoms with van der Waals surface area (Å²) >= 11 is 1.22. The van der Waals surface area contributed by atoms with Gasteiger partial charge in [-0.15, -0.1) is 0 Å². The van der Waals surface area contributed by atoms with E-state index in [1.165, 1.54) is 11.8 Å². The van der Waals surface area contributed by atoms with Crippen molar-refractivity contribution in [2.75, 3.05) is 6.61 Å². The van der Waals surface area contributed by atoms with Crippen molar-refractivity contribution in [3.8, 4) is 0 Å². The van der Waals surface area contributed by atoms with Crippen LogP contribution in [0.4, 0.5) is 0 Å². The van der Waals surface area contributed by atoms with E-state index in [0.29, 0.717) is 5.04 Å². The molecule has 0 amide bonds. The van der Waals surface area contributed by atoms with Gasteiger partial charge in [-0.1, -0.05) is 41.6 Å². The van der Waals surface area contributed by atoms with Crippen LogP contribution in [-0.2, 0) is 0 Å². The topological polar surface area (TPSA) is 126 Å². The van der Waals surface area contributed by atoms with E-state index in [1.807, 2.05) is 31.2 Å². The summed E-state index contributed by atoms with van der Waals surface area (Å²) in [6, 6.07) is 7.69. The molecule has 2 rings (SSSR count). The summed E-state index contributed by atoms with van der Waals surface area (Å²) < 4.78 is 0. The predicted molar refractivity (Wildman–Crippen MR) is 83.3 cm³/mol. The molecule has 1 aromatic rings. The molecule has 0 bridgehead atoms. The summed E-state index contributed by atoms with van der Waals surface area (Å²) in [6.07, 6.45) is -6.15. The number of hydrogen-bond acceptors (Lipinski definition) is 8. The van der Waals surface area contributed by atoms with Crippen molar-refractivity contribution in [1.82, 2.24) is 5.43 Å². The molecule has 0 spiro atoms. The average molecular weight is 328 g/mol. The SMILES string of the molecule is Cc1ccc(C2=NN[C@@H]([C@@H](O)[C@H](O)[C@H](O)[C@H](O)CO)S2)cc1. The summed E-state index contributed by atoms with van der Waals surface area (Å²) in [6.45, 7) is 1.27. The zero-order valence-corrected chi connectivity index (χ0v) is 12.8. The normalized spacial score (nSPS) is 23.4. The Balaban J connectivity index is 1.97. The Morgan fingerprint density at radius 2 is 1.77 bits per heavy atom. The van der Waals surface area contributed by atoms with Crippen molar-refractivity contribution in [2.45, 2.75) is 36.7 Å². The van der Waals surface area contributed by atoms with Crippen molar-refractivity contribution >= 4 is 16.8 Å². The second-order valence-corrected chi connectivity index (χ2v) is 6.30. The molecule has 6 N–H and O–H groups in total. The standard InChI is InChI=1S/C14H20N2O5S/c1-7-2-4-8(5-3-7)13-15-16-14(22-13)12(21)11(20)10(19)9(18)6-17/h2-5,9-12,14,16-21H,6H2,1H3/t9-,10-,11-,12+,14-/m1/s1. The number of nitrogens with zero attached hydrogens (tertiary/aromatic N) is 1. The highest BCUT2D eigenvalue weighted by Gasteiger charge is 2.37.